The van der Waals surface area contributed by atoms with E-state index in [1.165, 1.54) is 0 Å². The second-order valence-electron chi connectivity index (χ2n) is 4.50. The van der Waals surface area contributed by atoms with Crippen molar-refractivity contribution in [3.63, 3.8) is 0 Å². The number of aromatic nitrogens is 2. The van der Waals surface area contributed by atoms with Crippen molar-refractivity contribution in [2.45, 2.75) is 20.3 Å². The Kier molecular flexibility index (Phi) is 2.16. The summed E-state index contributed by atoms with van der Waals surface area (Å²) in [6, 6.07) is 3.83. The molecule has 0 unspecified atom stereocenters. The summed E-state index contributed by atoms with van der Waals surface area (Å²) in [5.41, 5.74) is 4.33. The average Bonchev–Trinajstić information content (AvgIpc) is 2.29. The summed E-state index contributed by atoms with van der Waals surface area (Å²) in [5.74, 6) is -0.793. The number of imide groups is 1. The fourth-order valence-electron chi connectivity index (χ4n) is 2.04. The SMILES string of the molecule is Cc1cc2nc3c(nc2cc1C)C(=O)NC(=O)C3. The van der Waals surface area contributed by atoms with Crippen molar-refractivity contribution in [3.8, 4) is 0 Å². The van der Waals surface area contributed by atoms with Crippen molar-refractivity contribution in [1.82, 2.24) is 15.3 Å². The van der Waals surface area contributed by atoms with Crippen molar-refractivity contribution >= 4 is 22.8 Å². The van der Waals surface area contributed by atoms with E-state index in [-0.39, 0.29) is 18.0 Å². The number of rotatable bonds is 0. The van der Waals surface area contributed by atoms with Crippen LogP contribution in [0.3, 0.4) is 0 Å². The summed E-state index contributed by atoms with van der Waals surface area (Å²) >= 11 is 0. The first-order valence-corrected chi connectivity index (χ1v) is 5.66. The molecule has 18 heavy (non-hydrogen) atoms. The molecule has 0 fully saturated rings. The Labute approximate surface area is 103 Å². The first-order chi connectivity index (χ1) is 8.54. The Hall–Kier alpha value is -2.30. The lowest BCUT2D eigenvalue weighted by molar-refractivity contribution is -0.119. The van der Waals surface area contributed by atoms with Crippen molar-refractivity contribution in [1.29, 1.82) is 0 Å². The van der Waals surface area contributed by atoms with E-state index in [0.717, 1.165) is 16.6 Å². The number of hydrogen-bond donors (Lipinski definition) is 1. The van der Waals surface area contributed by atoms with Gasteiger partial charge in [0, 0.05) is 0 Å². The molecule has 1 aromatic carbocycles. The molecule has 0 aliphatic carbocycles. The molecule has 2 aromatic rings. The van der Waals surface area contributed by atoms with Crippen molar-refractivity contribution in [2.75, 3.05) is 0 Å². The van der Waals surface area contributed by atoms with Gasteiger partial charge < -0.3 is 0 Å². The molecule has 1 aromatic heterocycles. The molecule has 90 valence electrons. The molecule has 2 amide bonds. The third kappa shape index (κ3) is 1.55. The van der Waals surface area contributed by atoms with Crippen LogP contribution in [0, 0.1) is 13.8 Å². The van der Waals surface area contributed by atoms with Crippen LogP contribution in [0.5, 0.6) is 0 Å². The third-order valence-corrected chi connectivity index (χ3v) is 3.15. The van der Waals surface area contributed by atoms with Gasteiger partial charge in [-0.15, -0.1) is 0 Å². The van der Waals surface area contributed by atoms with E-state index in [0.29, 0.717) is 11.2 Å². The summed E-state index contributed by atoms with van der Waals surface area (Å²) in [6.45, 7) is 3.98. The zero-order valence-electron chi connectivity index (χ0n) is 10.1. The van der Waals surface area contributed by atoms with Crippen LogP contribution in [0.4, 0.5) is 0 Å². The smallest absolute Gasteiger partial charge is 0.278 e. The van der Waals surface area contributed by atoms with Crippen LogP contribution in [0.2, 0.25) is 0 Å². The van der Waals surface area contributed by atoms with E-state index in [1.54, 1.807) is 0 Å². The Morgan fingerprint density at radius 3 is 2.33 bits per heavy atom. The lowest BCUT2D eigenvalue weighted by atomic mass is 10.1. The second-order valence-corrected chi connectivity index (χ2v) is 4.50. The molecule has 3 rings (SSSR count). The Balaban J connectivity index is 2.30. The number of carbonyl (C=O) groups excluding carboxylic acids is 2. The van der Waals surface area contributed by atoms with E-state index in [4.69, 9.17) is 0 Å². The van der Waals surface area contributed by atoms with Gasteiger partial charge in [-0.2, -0.15) is 0 Å². The first kappa shape index (κ1) is 10.8. The largest absolute Gasteiger partial charge is 0.291 e. The fraction of sp³-hybridized carbons (Fsp3) is 0.231. The van der Waals surface area contributed by atoms with Gasteiger partial charge in [-0.25, -0.2) is 9.97 Å². The van der Waals surface area contributed by atoms with E-state index >= 15 is 0 Å². The van der Waals surface area contributed by atoms with Crippen LogP contribution < -0.4 is 5.32 Å². The summed E-state index contributed by atoms with van der Waals surface area (Å²) in [4.78, 5) is 31.6. The van der Waals surface area contributed by atoms with Crippen molar-refractivity contribution < 1.29 is 9.59 Å². The third-order valence-electron chi connectivity index (χ3n) is 3.15. The van der Waals surface area contributed by atoms with Crippen LogP contribution in [0.1, 0.15) is 27.3 Å². The summed E-state index contributed by atoms with van der Waals surface area (Å²) in [7, 11) is 0. The molecule has 1 N–H and O–H groups in total. The minimum absolute atomic E-state index is 0.108. The maximum absolute atomic E-state index is 11.7. The van der Waals surface area contributed by atoms with Gasteiger partial charge in [0.25, 0.3) is 5.91 Å². The molecule has 1 aliphatic rings. The number of aryl methyl sites for hydroxylation is 2. The van der Waals surface area contributed by atoms with Gasteiger partial charge >= 0.3 is 0 Å². The topological polar surface area (TPSA) is 72.0 Å². The molecule has 0 saturated carbocycles. The fourth-order valence-corrected chi connectivity index (χ4v) is 2.04. The maximum Gasteiger partial charge on any atom is 0.278 e. The minimum Gasteiger partial charge on any atom is -0.291 e. The van der Waals surface area contributed by atoms with E-state index < -0.39 is 5.91 Å². The predicted octanol–water partition coefficient (Wildman–Crippen LogP) is 1.06. The van der Waals surface area contributed by atoms with Gasteiger partial charge in [0.2, 0.25) is 5.91 Å². The van der Waals surface area contributed by atoms with Gasteiger partial charge in [0.15, 0.2) is 5.69 Å². The number of fused-ring (bicyclic) bond motifs is 2. The molecule has 1 aliphatic heterocycles. The maximum atomic E-state index is 11.7. The lowest BCUT2D eigenvalue weighted by Crippen LogP contribution is -2.38. The molecule has 0 saturated heterocycles. The van der Waals surface area contributed by atoms with E-state index in [9.17, 15) is 9.59 Å². The highest BCUT2D eigenvalue weighted by Crippen LogP contribution is 2.19. The highest BCUT2D eigenvalue weighted by Gasteiger charge is 2.25. The number of hydrogen-bond acceptors (Lipinski definition) is 4. The van der Waals surface area contributed by atoms with Crippen LogP contribution in [-0.2, 0) is 11.2 Å². The van der Waals surface area contributed by atoms with Gasteiger partial charge in [0.05, 0.1) is 23.1 Å². The summed E-state index contributed by atoms with van der Waals surface area (Å²) < 4.78 is 0. The van der Waals surface area contributed by atoms with E-state index in [1.807, 2.05) is 26.0 Å². The number of amides is 2. The standard InChI is InChI=1S/C13H11N3O2/c1-6-3-8-9(4-7(6)2)15-12-10(14-8)5-11(17)16-13(12)18/h3-4H,5H2,1-2H3,(H,16,17,18). The Morgan fingerprint density at radius 1 is 1.06 bits per heavy atom. The van der Waals surface area contributed by atoms with Crippen LogP contribution in [0.25, 0.3) is 11.0 Å². The highest BCUT2D eigenvalue weighted by molar-refractivity contribution is 6.08. The van der Waals surface area contributed by atoms with Gasteiger partial charge in [-0.3, -0.25) is 14.9 Å². The molecule has 0 bridgehead atoms. The molecular weight excluding hydrogens is 230 g/mol. The van der Waals surface area contributed by atoms with Gasteiger partial charge in [0.1, 0.15) is 0 Å². The molecule has 5 nitrogen and oxygen atoms in total. The lowest BCUT2D eigenvalue weighted by Gasteiger charge is -2.14. The van der Waals surface area contributed by atoms with Gasteiger partial charge in [-0.05, 0) is 37.1 Å². The normalized spacial score (nSPS) is 14.6. The number of carbonyl (C=O) groups is 2. The van der Waals surface area contributed by atoms with Gasteiger partial charge in [-0.1, -0.05) is 0 Å². The van der Waals surface area contributed by atoms with Crippen LogP contribution in [0.15, 0.2) is 12.1 Å². The molecule has 0 radical (unpaired) electrons. The predicted molar refractivity (Wildman–Crippen MR) is 65.2 cm³/mol. The summed E-state index contributed by atoms with van der Waals surface area (Å²) in [5, 5.41) is 2.25. The highest BCUT2D eigenvalue weighted by atomic mass is 16.2. The van der Waals surface area contributed by atoms with Crippen LogP contribution in [-0.4, -0.2) is 21.8 Å². The summed E-state index contributed by atoms with van der Waals surface area (Å²) in [6.07, 6.45) is 0.108. The second kappa shape index (κ2) is 3.60. The number of nitrogens with one attached hydrogen (secondary N) is 1. The number of nitrogens with zero attached hydrogens (tertiary/aromatic N) is 2. The molecule has 2 heterocycles. The molecule has 0 spiro atoms. The minimum atomic E-state index is -0.464. The monoisotopic (exact) mass is 241 g/mol. The average molecular weight is 241 g/mol. The zero-order chi connectivity index (χ0) is 12.9. The Morgan fingerprint density at radius 2 is 1.67 bits per heavy atom. The molecule has 5 heteroatoms. The quantitative estimate of drug-likeness (QED) is 0.700. The number of benzene rings is 1. The zero-order valence-corrected chi connectivity index (χ0v) is 10.1. The molecule has 0 atom stereocenters. The molecular formula is C13H11N3O2. The van der Waals surface area contributed by atoms with E-state index in [2.05, 4.69) is 15.3 Å². The first-order valence-electron chi connectivity index (χ1n) is 5.66. The van der Waals surface area contributed by atoms with Crippen molar-refractivity contribution in [3.05, 3.63) is 34.6 Å². The van der Waals surface area contributed by atoms with Crippen molar-refractivity contribution in [2.24, 2.45) is 0 Å². The Bertz CT molecular complexity index is 707. The van der Waals surface area contributed by atoms with Crippen LogP contribution >= 0.6 is 0 Å².